The van der Waals surface area contributed by atoms with Crippen LogP contribution >= 0.6 is 0 Å². The number of rotatable bonds is 12. The first-order valence-electron chi connectivity index (χ1n) is 22.0. The second-order valence-electron chi connectivity index (χ2n) is 16.3. The van der Waals surface area contributed by atoms with Gasteiger partial charge in [0, 0.05) is 22.7 Å². The molecule has 0 aliphatic rings. The molecule has 6 aromatic carbocycles. The van der Waals surface area contributed by atoms with Crippen molar-refractivity contribution in [1.82, 2.24) is 9.97 Å². The van der Waals surface area contributed by atoms with Crippen LogP contribution in [0.25, 0.3) is 10.8 Å². The fraction of sp³-hybridized carbons (Fsp3) is 0.214. The Labute approximate surface area is 412 Å². The van der Waals surface area contributed by atoms with Gasteiger partial charge in [-0.05, 0) is 137 Å². The molecule has 8 aromatic rings. The van der Waals surface area contributed by atoms with Gasteiger partial charge < -0.3 is 31.5 Å². The van der Waals surface area contributed by atoms with Gasteiger partial charge in [-0.2, -0.15) is 0 Å². The minimum atomic E-state index is -0.436. The molecular formula is C56H60Co2N6O2. The Balaban J connectivity index is 0.000000226. The largest absolute Gasteiger partial charge is 1.00 e. The summed E-state index contributed by atoms with van der Waals surface area (Å²) in [6, 6.07) is 56.5. The maximum Gasteiger partial charge on any atom is 1.00 e. The van der Waals surface area contributed by atoms with Crippen LogP contribution in [0.5, 0.6) is 11.5 Å². The monoisotopic (exact) mass is 966 g/mol. The van der Waals surface area contributed by atoms with E-state index in [9.17, 15) is 10.2 Å². The first-order valence-corrected chi connectivity index (χ1v) is 22.0. The maximum atomic E-state index is 10.9. The van der Waals surface area contributed by atoms with E-state index in [1.807, 2.05) is 24.3 Å². The molecule has 0 spiro atoms. The molecule has 0 fully saturated rings. The SMILES string of the molecule is Cc1ccccc1NC(C)c1cccc(C(C)Nc2ccccc2C)n1.Cc1ccccc1NC(C)c1cccc(C(C)Nc2ccccc2C)n1.[Co+].[Co+].[O-]c1cc2ccccc2cc1[O-]. The minimum Gasteiger partial charge on any atom is -0.873 e. The molecule has 2 heterocycles. The molecule has 10 heteroatoms. The number of fused-ring (bicyclic) bond motifs is 1. The normalized spacial score (nSPS) is 12.2. The van der Waals surface area contributed by atoms with E-state index in [0.29, 0.717) is 0 Å². The number of nitrogens with one attached hydrogen (secondary N) is 4. The number of hydrogen-bond donors (Lipinski definition) is 4. The quantitative estimate of drug-likeness (QED) is 0.0956. The summed E-state index contributed by atoms with van der Waals surface area (Å²) >= 11 is 0. The average molecular weight is 967 g/mol. The van der Waals surface area contributed by atoms with Crippen molar-refractivity contribution < 1.29 is 43.8 Å². The van der Waals surface area contributed by atoms with Crippen LogP contribution in [0.4, 0.5) is 22.7 Å². The molecule has 344 valence electrons. The Bertz CT molecular complexity index is 2440. The molecule has 8 nitrogen and oxygen atoms in total. The zero-order chi connectivity index (χ0) is 45.6. The Morgan fingerprint density at radius 2 is 0.561 bits per heavy atom. The van der Waals surface area contributed by atoms with Crippen LogP contribution < -0.4 is 31.5 Å². The number of hydrogen-bond acceptors (Lipinski definition) is 8. The summed E-state index contributed by atoms with van der Waals surface area (Å²) < 4.78 is 0. The van der Waals surface area contributed by atoms with Crippen molar-refractivity contribution >= 4 is 33.5 Å². The fourth-order valence-electron chi connectivity index (χ4n) is 7.27. The summed E-state index contributed by atoms with van der Waals surface area (Å²) in [4.78, 5) is 9.80. The van der Waals surface area contributed by atoms with Crippen LogP contribution in [0.15, 0.2) is 170 Å². The van der Waals surface area contributed by atoms with Crippen molar-refractivity contribution in [2.45, 2.75) is 79.6 Å². The van der Waals surface area contributed by atoms with Crippen LogP contribution in [0, 0.1) is 27.7 Å². The van der Waals surface area contributed by atoms with E-state index < -0.39 is 11.5 Å². The Morgan fingerprint density at radius 1 is 0.333 bits per heavy atom. The van der Waals surface area contributed by atoms with E-state index in [1.165, 1.54) is 34.4 Å². The number of pyridine rings is 2. The molecule has 0 saturated carbocycles. The Hall–Kier alpha value is -6.31. The number of aryl methyl sites for hydroxylation is 4. The summed E-state index contributed by atoms with van der Waals surface area (Å²) in [7, 11) is 0. The molecule has 4 unspecified atom stereocenters. The molecule has 4 atom stereocenters. The van der Waals surface area contributed by atoms with Gasteiger partial charge in [-0.25, -0.2) is 0 Å². The van der Waals surface area contributed by atoms with Crippen LogP contribution in [0.3, 0.4) is 0 Å². The number of benzene rings is 6. The zero-order valence-corrected chi connectivity index (χ0v) is 40.9. The van der Waals surface area contributed by atoms with Crippen LogP contribution in [-0.4, -0.2) is 9.97 Å². The van der Waals surface area contributed by atoms with Crippen molar-refractivity contribution in [2.75, 3.05) is 21.3 Å². The number of anilines is 4. The summed E-state index contributed by atoms with van der Waals surface area (Å²) in [5.41, 5.74) is 13.8. The van der Waals surface area contributed by atoms with Crippen LogP contribution in [-0.2, 0) is 33.6 Å². The number of para-hydroxylation sites is 4. The predicted octanol–water partition coefficient (Wildman–Crippen LogP) is 13.1. The van der Waals surface area contributed by atoms with Crippen LogP contribution in [0.2, 0.25) is 0 Å². The first kappa shape index (κ1) is 52.3. The Kier molecular flexibility index (Phi) is 20.1. The summed E-state index contributed by atoms with van der Waals surface area (Å²) in [6.45, 7) is 17.1. The molecule has 4 N–H and O–H groups in total. The van der Waals surface area contributed by atoms with Gasteiger partial charge in [0.15, 0.2) is 0 Å². The van der Waals surface area contributed by atoms with Gasteiger partial charge in [0.1, 0.15) is 0 Å². The summed E-state index contributed by atoms with van der Waals surface area (Å²) in [5, 5.41) is 37.8. The molecule has 66 heavy (non-hydrogen) atoms. The van der Waals surface area contributed by atoms with E-state index >= 15 is 0 Å². The number of nitrogens with zero attached hydrogens (tertiary/aromatic N) is 2. The topological polar surface area (TPSA) is 120 Å². The summed E-state index contributed by atoms with van der Waals surface area (Å²) in [5.74, 6) is -0.873. The predicted molar refractivity (Wildman–Crippen MR) is 264 cm³/mol. The molecule has 0 aliphatic carbocycles. The van der Waals surface area contributed by atoms with Gasteiger partial charge in [-0.3, -0.25) is 9.97 Å². The van der Waals surface area contributed by atoms with Gasteiger partial charge in [0.2, 0.25) is 0 Å². The van der Waals surface area contributed by atoms with Crippen molar-refractivity contribution in [1.29, 1.82) is 0 Å². The van der Waals surface area contributed by atoms with E-state index in [0.717, 1.165) is 56.3 Å². The molecular weight excluding hydrogens is 907 g/mol. The van der Waals surface area contributed by atoms with E-state index in [1.54, 1.807) is 0 Å². The van der Waals surface area contributed by atoms with Crippen molar-refractivity contribution in [3.05, 3.63) is 215 Å². The van der Waals surface area contributed by atoms with E-state index in [4.69, 9.17) is 9.97 Å². The molecule has 0 aliphatic heterocycles. The van der Waals surface area contributed by atoms with Gasteiger partial charge in [-0.15, -0.1) is 11.5 Å². The third-order valence-electron chi connectivity index (χ3n) is 11.2. The third kappa shape index (κ3) is 14.6. The van der Waals surface area contributed by atoms with Crippen LogP contribution in [0.1, 0.15) is 96.9 Å². The zero-order valence-electron chi connectivity index (χ0n) is 38.9. The third-order valence-corrected chi connectivity index (χ3v) is 11.2. The van der Waals surface area contributed by atoms with Gasteiger partial charge >= 0.3 is 33.6 Å². The van der Waals surface area contributed by atoms with Crippen molar-refractivity contribution in [3.63, 3.8) is 0 Å². The molecule has 0 saturated heterocycles. The smallest absolute Gasteiger partial charge is 0.873 e. The number of aromatic nitrogens is 2. The standard InChI is InChI=1S/2C23H27N3.C10H8O2.2Co/c2*1-16-10-5-7-12-20(16)24-18(3)22-14-9-15-23(26-22)19(4)25-21-13-8-6-11-17(21)2;11-9-5-7-3-1-2-4-8(7)6-10(9)12;;/h2*5-15,18-19,24-25H,1-4H3;1-6,11-12H;;/q;;;2*+1/p-2. The molecule has 0 radical (unpaired) electrons. The average Bonchev–Trinajstić information content (AvgIpc) is 3.30. The second-order valence-corrected chi connectivity index (χ2v) is 16.3. The first-order chi connectivity index (χ1) is 30.9. The molecule has 2 aromatic heterocycles. The van der Waals surface area contributed by atoms with E-state index in [-0.39, 0.29) is 57.7 Å². The van der Waals surface area contributed by atoms with Gasteiger partial charge in [0.05, 0.1) is 46.9 Å². The fourth-order valence-corrected chi connectivity index (χ4v) is 7.27. The molecule has 0 bridgehead atoms. The second kappa shape index (κ2) is 25.4. The van der Waals surface area contributed by atoms with E-state index in [2.05, 4.69) is 210 Å². The minimum absolute atomic E-state index is 0. The summed E-state index contributed by atoms with van der Waals surface area (Å²) in [6.07, 6.45) is 0. The Morgan fingerprint density at radius 3 is 0.803 bits per heavy atom. The van der Waals surface area contributed by atoms with Gasteiger partial charge in [-0.1, -0.05) is 121 Å². The molecule has 0 amide bonds. The van der Waals surface area contributed by atoms with Crippen molar-refractivity contribution in [3.8, 4) is 11.5 Å². The van der Waals surface area contributed by atoms with Crippen molar-refractivity contribution in [2.24, 2.45) is 0 Å². The maximum absolute atomic E-state index is 10.9. The van der Waals surface area contributed by atoms with Gasteiger partial charge in [0.25, 0.3) is 0 Å². The molecule has 8 rings (SSSR count).